The third-order valence-electron chi connectivity index (χ3n) is 5.33. The molecular weight excluding hydrogens is 414 g/mol. The number of ether oxygens (including phenoxy) is 1. The minimum absolute atomic E-state index is 0.0558. The molecule has 1 heterocycles. The van der Waals surface area contributed by atoms with Crippen LogP contribution in [0.5, 0.6) is 5.75 Å². The largest absolute Gasteiger partial charge is 0.476 e. The number of amides is 1. The average Bonchev–Trinajstić information content (AvgIpc) is 2.71. The first kappa shape index (κ1) is 22.9. The van der Waals surface area contributed by atoms with Gasteiger partial charge < -0.3 is 15.0 Å². The zero-order valence-electron chi connectivity index (χ0n) is 18.8. The number of rotatable bonds is 6. The summed E-state index contributed by atoms with van der Waals surface area (Å²) in [6, 6.07) is 15.4. The summed E-state index contributed by atoms with van der Waals surface area (Å²) in [7, 11) is -1.62. The van der Waals surface area contributed by atoms with Crippen molar-refractivity contribution in [1.82, 2.24) is 5.32 Å². The predicted molar refractivity (Wildman–Crippen MR) is 124 cm³/mol. The van der Waals surface area contributed by atoms with Crippen LogP contribution in [-0.4, -0.2) is 53.4 Å². The molecule has 31 heavy (non-hydrogen) atoms. The van der Waals surface area contributed by atoms with Crippen molar-refractivity contribution in [1.29, 1.82) is 0 Å². The minimum Gasteiger partial charge on any atom is -0.476 e. The minimum atomic E-state index is -3.57. The second-order valence-electron chi connectivity index (χ2n) is 8.88. The average molecular weight is 446 g/mol. The third-order valence-corrected chi connectivity index (χ3v) is 6.48. The summed E-state index contributed by atoms with van der Waals surface area (Å²) in [5.74, 6) is 0.0619. The zero-order valence-corrected chi connectivity index (χ0v) is 19.6. The van der Waals surface area contributed by atoms with E-state index in [1.807, 2.05) is 54.4 Å². The number of benzene rings is 2. The third kappa shape index (κ3) is 5.50. The van der Waals surface area contributed by atoms with Crippen LogP contribution in [0, 0.1) is 0 Å². The van der Waals surface area contributed by atoms with Gasteiger partial charge in [-0.3, -0.25) is 9.10 Å². The first-order chi connectivity index (χ1) is 14.5. The molecule has 1 atom stereocenters. The van der Waals surface area contributed by atoms with Crippen molar-refractivity contribution in [3.63, 3.8) is 0 Å². The maximum absolute atomic E-state index is 12.7. The number of likely N-dealkylation sites (N-methyl/N-ethyl adjacent to an activating group) is 1. The second-order valence-corrected chi connectivity index (χ2v) is 10.8. The Morgan fingerprint density at radius 3 is 2.48 bits per heavy atom. The molecule has 8 heteroatoms. The fourth-order valence-electron chi connectivity index (χ4n) is 3.44. The van der Waals surface area contributed by atoms with Crippen LogP contribution in [0.3, 0.4) is 0 Å². The molecule has 1 aliphatic heterocycles. The lowest BCUT2D eigenvalue weighted by atomic mass is 9.86. The lowest BCUT2D eigenvalue weighted by Gasteiger charge is -2.35. The van der Waals surface area contributed by atoms with E-state index >= 15 is 0 Å². The fraction of sp³-hybridized carbons (Fsp3) is 0.435. The van der Waals surface area contributed by atoms with Gasteiger partial charge in [-0.05, 0) is 35.2 Å². The SMILES string of the molecule is CN(CCNC(=O)[C@H]1CN(S(C)(=O)=O)c2cc(C(C)(C)C)ccc2O1)c1ccccc1. The molecule has 0 fully saturated rings. The highest BCUT2D eigenvalue weighted by molar-refractivity contribution is 7.92. The van der Waals surface area contributed by atoms with Crippen LogP contribution in [0.15, 0.2) is 48.5 Å². The normalized spacial score (nSPS) is 16.3. The van der Waals surface area contributed by atoms with Gasteiger partial charge in [-0.1, -0.05) is 45.0 Å². The van der Waals surface area contributed by atoms with E-state index in [0.29, 0.717) is 24.5 Å². The van der Waals surface area contributed by atoms with Crippen LogP contribution in [0.4, 0.5) is 11.4 Å². The van der Waals surface area contributed by atoms with Crippen molar-refractivity contribution in [3.05, 3.63) is 54.1 Å². The van der Waals surface area contributed by atoms with Crippen LogP contribution < -0.4 is 19.3 Å². The summed E-state index contributed by atoms with van der Waals surface area (Å²) in [4.78, 5) is 14.8. The summed E-state index contributed by atoms with van der Waals surface area (Å²) in [5, 5.41) is 2.86. The summed E-state index contributed by atoms with van der Waals surface area (Å²) < 4.78 is 32.1. The molecule has 0 aromatic heterocycles. The molecule has 7 nitrogen and oxygen atoms in total. The Labute approximate surface area is 185 Å². The zero-order chi connectivity index (χ0) is 22.8. The molecular formula is C23H31N3O4S. The van der Waals surface area contributed by atoms with E-state index in [-0.39, 0.29) is 17.9 Å². The van der Waals surface area contributed by atoms with Crippen LogP contribution >= 0.6 is 0 Å². The van der Waals surface area contributed by atoms with Gasteiger partial charge in [-0.15, -0.1) is 0 Å². The number of nitrogens with one attached hydrogen (secondary N) is 1. The number of carbonyl (C=O) groups is 1. The van der Waals surface area contributed by atoms with E-state index in [1.54, 1.807) is 6.07 Å². The number of hydrogen-bond acceptors (Lipinski definition) is 5. The molecule has 0 saturated heterocycles. The number of carbonyl (C=O) groups excluding carboxylic acids is 1. The number of para-hydroxylation sites is 1. The van der Waals surface area contributed by atoms with Gasteiger partial charge in [-0.2, -0.15) is 0 Å². The summed E-state index contributed by atoms with van der Waals surface area (Å²) in [5.41, 5.74) is 2.38. The lowest BCUT2D eigenvalue weighted by Crippen LogP contribution is -2.51. The second kappa shape index (κ2) is 8.78. The molecule has 0 unspecified atom stereocenters. The molecule has 0 radical (unpaired) electrons. The highest BCUT2D eigenvalue weighted by Gasteiger charge is 2.35. The predicted octanol–water partition coefficient (Wildman–Crippen LogP) is 2.76. The van der Waals surface area contributed by atoms with E-state index in [4.69, 9.17) is 4.74 Å². The van der Waals surface area contributed by atoms with Crippen LogP contribution in [0.1, 0.15) is 26.3 Å². The van der Waals surface area contributed by atoms with Gasteiger partial charge in [0.25, 0.3) is 5.91 Å². The molecule has 3 rings (SSSR count). The molecule has 0 bridgehead atoms. The van der Waals surface area contributed by atoms with E-state index < -0.39 is 16.1 Å². The first-order valence-corrected chi connectivity index (χ1v) is 12.1. The van der Waals surface area contributed by atoms with Gasteiger partial charge in [0.1, 0.15) is 5.75 Å². The van der Waals surface area contributed by atoms with Crippen LogP contribution in [-0.2, 0) is 20.2 Å². The maximum Gasteiger partial charge on any atom is 0.263 e. The summed E-state index contributed by atoms with van der Waals surface area (Å²) >= 11 is 0. The number of fused-ring (bicyclic) bond motifs is 1. The van der Waals surface area contributed by atoms with E-state index in [2.05, 4.69) is 26.1 Å². The van der Waals surface area contributed by atoms with Gasteiger partial charge in [0.2, 0.25) is 10.0 Å². The Kier molecular flexibility index (Phi) is 6.50. The number of hydrogen-bond donors (Lipinski definition) is 1. The molecule has 0 spiro atoms. The molecule has 0 saturated carbocycles. The Balaban J connectivity index is 1.71. The van der Waals surface area contributed by atoms with Crippen molar-refractivity contribution in [2.45, 2.75) is 32.3 Å². The molecule has 1 N–H and O–H groups in total. The smallest absolute Gasteiger partial charge is 0.263 e. The van der Waals surface area contributed by atoms with E-state index in [0.717, 1.165) is 17.5 Å². The highest BCUT2D eigenvalue weighted by Crippen LogP contribution is 2.38. The summed E-state index contributed by atoms with van der Waals surface area (Å²) in [6.45, 7) is 7.16. The van der Waals surface area contributed by atoms with Gasteiger partial charge in [-0.25, -0.2) is 8.42 Å². The standard InChI is InChI=1S/C23H31N3O4S/c1-23(2,3)17-11-12-20-19(15-17)26(31(5,28)29)16-21(30-20)22(27)24-13-14-25(4)18-9-7-6-8-10-18/h6-12,15,21H,13-14,16H2,1-5H3,(H,24,27)/t21-/m1/s1. The molecule has 168 valence electrons. The van der Waals surface area contributed by atoms with E-state index in [9.17, 15) is 13.2 Å². The number of nitrogens with zero attached hydrogens (tertiary/aromatic N) is 2. The maximum atomic E-state index is 12.7. The quantitative estimate of drug-likeness (QED) is 0.740. The molecule has 1 amide bonds. The molecule has 0 aliphatic carbocycles. The molecule has 2 aromatic rings. The van der Waals surface area contributed by atoms with Gasteiger partial charge >= 0.3 is 0 Å². The Morgan fingerprint density at radius 1 is 1.19 bits per heavy atom. The molecule has 2 aromatic carbocycles. The van der Waals surface area contributed by atoms with Crippen LogP contribution in [0.2, 0.25) is 0 Å². The Bertz CT molecular complexity index is 1030. The lowest BCUT2D eigenvalue weighted by molar-refractivity contribution is -0.127. The Hall–Kier alpha value is -2.74. The van der Waals surface area contributed by atoms with Crippen molar-refractivity contribution < 1.29 is 17.9 Å². The van der Waals surface area contributed by atoms with Crippen molar-refractivity contribution >= 4 is 27.3 Å². The summed E-state index contributed by atoms with van der Waals surface area (Å²) in [6.07, 6.45) is 0.236. The topological polar surface area (TPSA) is 79.0 Å². The van der Waals surface area contributed by atoms with Crippen molar-refractivity contribution in [2.24, 2.45) is 0 Å². The van der Waals surface area contributed by atoms with Gasteiger partial charge in [0.15, 0.2) is 6.10 Å². The van der Waals surface area contributed by atoms with Crippen LogP contribution in [0.25, 0.3) is 0 Å². The van der Waals surface area contributed by atoms with Crippen molar-refractivity contribution in [3.8, 4) is 5.75 Å². The fourth-order valence-corrected chi connectivity index (χ4v) is 4.35. The van der Waals surface area contributed by atoms with Gasteiger partial charge in [0, 0.05) is 25.8 Å². The van der Waals surface area contributed by atoms with Gasteiger partial charge in [0.05, 0.1) is 18.5 Å². The number of anilines is 2. The monoisotopic (exact) mass is 445 g/mol. The number of sulfonamides is 1. The van der Waals surface area contributed by atoms with Crippen molar-refractivity contribution in [2.75, 3.05) is 42.1 Å². The van der Waals surface area contributed by atoms with E-state index in [1.165, 1.54) is 4.31 Å². The molecule has 1 aliphatic rings. The first-order valence-electron chi connectivity index (χ1n) is 10.3. The highest BCUT2D eigenvalue weighted by atomic mass is 32.2. The Morgan fingerprint density at radius 2 is 1.87 bits per heavy atom.